The van der Waals surface area contributed by atoms with Crippen molar-refractivity contribution < 1.29 is 22.8 Å². The lowest BCUT2D eigenvalue weighted by molar-refractivity contribution is -0.122. The van der Waals surface area contributed by atoms with Crippen LogP contribution in [0.1, 0.15) is 13.3 Å². The Morgan fingerprint density at radius 2 is 1.73 bits per heavy atom. The van der Waals surface area contributed by atoms with Crippen molar-refractivity contribution in [2.45, 2.75) is 13.3 Å². The summed E-state index contributed by atoms with van der Waals surface area (Å²) in [6.45, 7) is 2.25. The van der Waals surface area contributed by atoms with E-state index in [1.165, 1.54) is 11.9 Å². The lowest BCUT2D eigenvalue weighted by Gasteiger charge is -2.16. The van der Waals surface area contributed by atoms with Crippen molar-refractivity contribution in [1.29, 1.82) is 0 Å². The monoisotopic (exact) mass is 317 g/mol. The molecular formula is C14H18F3N3O2. The van der Waals surface area contributed by atoms with E-state index in [9.17, 15) is 22.8 Å². The van der Waals surface area contributed by atoms with Crippen molar-refractivity contribution in [3.8, 4) is 0 Å². The summed E-state index contributed by atoms with van der Waals surface area (Å²) in [5.74, 6) is -5.33. The van der Waals surface area contributed by atoms with Crippen LogP contribution in [0.2, 0.25) is 0 Å². The average molecular weight is 317 g/mol. The van der Waals surface area contributed by atoms with Gasteiger partial charge in [0.15, 0.2) is 17.5 Å². The molecule has 0 saturated heterocycles. The van der Waals surface area contributed by atoms with Crippen LogP contribution in [0.25, 0.3) is 0 Å². The van der Waals surface area contributed by atoms with Gasteiger partial charge in [0.05, 0.1) is 18.8 Å². The molecule has 0 unspecified atom stereocenters. The Bertz CT molecular complexity index is 552. The Balaban J connectivity index is 2.53. The number of amides is 2. The van der Waals surface area contributed by atoms with E-state index in [1.807, 2.05) is 6.92 Å². The van der Waals surface area contributed by atoms with Crippen LogP contribution in [0.4, 0.5) is 18.9 Å². The van der Waals surface area contributed by atoms with Crippen LogP contribution in [-0.2, 0) is 9.59 Å². The maximum absolute atomic E-state index is 13.4. The highest BCUT2D eigenvalue weighted by Gasteiger charge is 2.16. The molecule has 122 valence electrons. The van der Waals surface area contributed by atoms with Crippen molar-refractivity contribution in [3.63, 3.8) is 0 Å². The van der Waals surface area contributed by atoms with Crippen molar-refractivity contribution in [1.82, 2.24) is 10.2 Å². The van der Waals surface area contributed by atoms with Crippen LogP contribution in [0.15, 0.2) is 12.1 Å². The number of hydrogen-bond donors (Lipinski definition) is 2. The molecule has 2 N–H and O–H groups in total. The minimum absolute atomic E-state index is 0.00627. The molecule has 22 heavy (non-hydrogen) atoms. The first kappa shape index (κ1) is 18.0. The molecule has 5 nitrogen and oxygen atoms in total. The first-order valence-corrected chi connectivity index (χ1v) is 6.73. The van der Waals surface area contributed by atoms with Gasteiger partial charge in [-0.3, -0.25) is 14.5 Å². The number of rotatable bonds is 7. The van der Waals surface area contributed by atoms with Gasteiger partial charge in [-0.25, -0.2) is 13.2 Å². The molecule has 0 fully saturated rings. The smallest absolute Gasteiger partial charge is 0.238 e. The van der Waals surface area contributed by atoms with Gasteiger partial charge in [0, 0.05) is 6.54 Å². The van der Waals surface area contributed by atoms with E-state index >= 15 is 0 Å². The summed E-state index contributed by atoms with van der Waals surface area (Å²) >= 11 is 0. The number of hydrogen-bond acceptors (Lipinski definition) is 3. The molecule has 0 spiro atoms. The van der Waals surface area contributed by atoms with E-state index in [1.54, 1.807) is 0 Å². The third kappa shape index (κ3) is 5.36. The molecule has 0 saturated carbocycles. The third-order valence-electron chi connectivity index (χ3n) is 2.71. The van der Waals surface area contributed by atoms with E-state index < -0.39 is 29.0 Å². The first-order chi connectivity index (χ1) is 10.3. The van der Waals surface area contributed by atoms with Gasteiger partial charge in [-0.1, -0.05) is 6.92 Å². The van der Waals surface area contributed by atoms with Crippen LogP contribution in [-0.4, -0.2) is 43.4 Å². The van der Waals surface area contributed by atoms with Crippen molar-refractivity contribution in [2.24, 2.45) is 0 Å². The summed E-state index contributed by atoms with van der Waals surface area (Å²) in [5, 5.41) is 4.78. The molecule has 0 radical (unpaired) electrons. The normalized spacial score (nSPS) is 10.6. The molecule has 1 aromatic rings. The van der Waals surface area contributed by atoms with Crippen LogP contribution in [0.5, 0.6) is 0 Å². The summed E-state index contributed by atoms with van der Waals surface area (Å²) in [4.78, 5) is 24.6. The molecule has 0 aliphatic carbocycles. The molecule has 0 aliphatic rings. The molecule has 2 amide bonds. The number of carbonyl (C=O) groups is 2. The molecule has 8 heteroatoms. The predicted molar refractivity (Wildman–Crippen MR) is 75.7 cm³/mol. The summed E-state index contributed by atoms with van der Waals surface area (Å²) < 4.78 is 39.2. The topological polar surface area (TPSA) is 61.4 Å². The molecule has 0 atom stereocenters. The van der Waals surface area contributed by atoms with Gasteiger partial charge < -0.3 is 10.6 Å². The van der Waals surface area contributed by atoms with E-state index in [0.717, 1.165) is 18.6 Å². The quantitative estimate of drug-likeness (QED) is 0.749. The van der Waals surface area contributed by atoms with Gasteiger partial charge in [-0.15, -0.1) is 0 Å². The van der Waals surface area contributed by atoms with E-state index in [-0.39, 0.29) is 19.0 Å². The zero-order valence-corrected chi connectivity index (χ0v) is 12.4. The van der Waals surface area contributed by atoms with Gasteiger partial charge in [-0.2, -0.15) is 0 Å². The largest absolute Gasteiger partial charge is 0.355 e. The second kappa shape index (κ2) is 8.38. The van der Waals surface area contributed by atoms with Crippen LogP contribution in [0.3, 0.4) is 0 Å². The second-order valence-corrected chi connectivity index (χ2v) is 4.79. The van der Waals surface area contributed by atoms with Gasteiger partial charge >= 0.3 is 0 Å². The zero-order chi connectivity index (χ0) is 16.7. The van der Waals surface area contributed by atoms with Crippen LogP contribution in [0, 0.1) is 17.5 Å². The average Bonchev–Trinajstić information content (AvgIpc) is 2.45. The molecule has 0 aromatic heterocycles. The number of benzene rings is 1. The van der Waals surface area contributed by atoms with E-state index in [0.29, 0.717) is 6.54 Å². The Kier molecular flexibility index (Phi) is 6.84. The Labute approximate surface area is 126 Å². The van der Waals surface area contributed by atoms with E-state index in [2.05, 4.69) is 10.6 Å². The fourth-order valence-corrected chi connectivity index (χ4v) is 1.68. The minimum atomic E-state index is -1.65. The molecule has 1 aromatic carbocycles. The predicted octanol–water partition coefficient (Wildman–Crippen LogP) is 1.50. The number of anilines is 1. The summed E-state index contributed by atoms with van der Waals surface area (Å²) in [7, 11) is 1.53. The van der Waals surface area contributed by atoms with Crippen molar-refractivity contribution >= 4 is 17.5 Å². The van der Waals surface area contributed by atoms with E-state index in [4.69, 9.17) is 0 Å². The molecule has 0 bridgehead atoms. The number of likely N-dealkylation sites (N-methyl/N-ethyl adjacent to an activating group) is 1. The highest BCUT2D eigenvalue weighted by molar-refractivity contribution is 5.92. The first-order valence-electron chi connectivity index (χ1n) is 6.73. The minimum Gasteiger partial charge on any atom is -0.355 e. The summed E-state index contributed by atoms with van der Waals surface area (Å²) in [5.41, 5.74) is -0.451. The van der Waals surface area contributed by atoms with Gasteiger partial charge in [-0.05, 0) is 25.6 Å². The van der Waals surface area contributed by atoms with Gasteiger partial charge in [0.1, 0.15) is 0 Å². The third-order valence-corrected chi connectivity index (χ3v) is 2.71. The summed E-state index contributed by atoms with van der Waals surface area (Å²) in [6, 6.07) is 1.65. The van der Waals surface area contributed by atoms with Crippen LogP contribution >= 0.6 is 0 Å². The number of nitrogens with one attached hydrogen (secondary N) is 2. The summed E-state index contributed by atoms with van der Waals surface area (Å²) in [6.07, 6.45) is 0.797. The number of nitrogens with zero attached hydrogens (tertiary/aromatic N) is 1. The lowest BCUT2D eigenvalue weighted by Crippen LogP contribution is -2.39. The maximum Gasteiger partial charge on any atom is 0.238 e. The zero-order valence-electron chi connectivity index (χ0n) is 12.4. The van der Waals surface area contributed by atoms with Crippen LogP contribution < -0.4 is 10.6 Å². The molecular weight excluding hydrogens is 299 g/mol. The fraction of sp³-hybridized carbons (Fsp3) is 0.429. The fourth-order valence-electron chi connectivity index (χ4n) is 1.68. The van der Waals surface area contributed by atoms with Crippen molar-refractivity contribution in [2.75, 3.05) is 32.0 Å². The Morgan fingerprint density at radius 1 is 1.09 bits per heavy atom. The highest BCUT2D eigenvalue weighted by Crippen LogP contribution is 2.19. The molecule has 1 rings (SSSR count). The highest BCUT2D eigenvalue weighted by atomic mass is 19.2. The number of halogens is 3. The Morgan fingerprint density at radius 3 is 2.36 bits per heavy atom. The SMILES string of the molecule is CCCNC(=O)CN(C)CC(=O)Nc1ccc(F)c(F)c1F. The van der Waals surface area contributed by atoms with Gasteiger partial charge in [0.25, 0.3) is 0 Å². The number of carbonyl (C=O) groups excluding carboxylic acids is 2. The molecule has 0 aliphatic heterocycles. The Hall–Kier alpha value is -2.09. The second-order valence-electron chi connectivity index (χ2n) is 4.79. The molecule has 0 heterocycles. The lowest BCUT2D eigenvalue weighted by atomic mass is 10.2. The van der Waals surface area contributed by atoms with Gasteiger partial charge in [0.2, 0.25) is 11.8 Å². The maximum atomic E-state index is 13.4. The standard InChI is InChI=1S/C14H18F3N3O2/c1-3-6-18-11(21)7-20(2)8-12(22)19-10-5-4-9(15)13(16)14(10)17/h4-5H,3,6-8H2,1-2H3,(H,18,21)(H,19,22). The van der Waals surface area contributed by atoms with Crippen molar-refractivity contribution in [3.05, 3.63) is 29.6 Å².